The molecule has 1 aromatic heterocycles. The summed E-state index contributed by atoms with van der Waals surface area (Å²) in [6, 6.07) is 3.98. The quantitative estimate of drug-likeness (QED) is 0.408. The van der Waals surface area contributed by atoms with Crippen molar-refractivity contribution in [1.29, 1.82) is 0 Å². The molecule has 0 radical (unpaired) electrons. The minimum Gasteiger partial charge on any atom is -0.490 e. The van der Waals surface area contributed by atoms with Crippen LogP contribution in [0.3, 0.4) is 0 Å². The van der Waals surface area contributed by atoms with Crippen molar-refractivity contribution < 1.29 is 14.3 Å². The summed E-state index contributed by atoms with van der Waals surface area (Å²) in [6.07, 6.45) is 5.69. The van der Waals surface area contributed by atoms with Gasteiger partial charge in [0, 0.05) is 7.05 Å². The third-order valence-corrected chi connectivity index (χ3v) is 3.95. The predicted molar refractivity (Wildman–Crippen MR) is 103 cm³/mol. The van der Waals surface area contributed by atoms with Gasteiger partial charge in [0.05, 0.1) is 12.0 Å². The molecule has 140 valence electrons. The van der Waals surface area contributed by atoms with E-state index in [0.717, 1.165) is 39.7 Å². The number of benzene rings is 1. The van der Waals surface area contributed by atoms with Gasteiger partial charge in [-0.3, -0.25) is 0 Å². The normalized spacial score (nSPS) is 11.8. The molecule has 0 saturated heterocycles. The Labute approximate surface area is 155 Å². The van der Waals surface area contributed by atoms with Crippen LogP contribution in [0.5, 0.6) is 11.5 Å². The summed E-state index contributed by atoms with van der Waals surface area (Å²) >= 11 is 0. The minimum absolute atomic E-state index is 0.354. The van der Waals surface area contributed by atoms with E-state index in [4.69, 9.17) is 14.3 Å². The Kier molecular flexibility index (Phi) is 6.83. The fourth-order valence-corrected chi connectivity index (χ4v) is 2.83. The van der Waals surface area contributed by atoms with Crippen LogP contribution in [0.25, 0.3) is 0 Å². The van der Waals surface area contributed by atoms with Crippen LogP contribution in [0.4, 0.5) is 0 Å². The third-order valence-electron chi connectivity index (χ3n) is 3.95. The minimum atomic E-state index is 0.354. The molecule has 1 heterocycles. The van der Waals surface area contributed by atoms with Gasteiger partial charge in [0.1, 0.15) is 43.2 Å². The third kappa shape index (κ3) is 4.65. The fourth-order valence-electron chi connectivity index (χ4n) is 2.83. The number of ether oxygens (including phenoxy) is 2. The summed E-state index contributed by atoms with van der Waals surface area (Å²) in [5.41, 5.74) is 4.53. The van der Waals surface area contributed by atoms with E-state index in [0.29, 0.717) is 13.2 Å². The van der Waals surface area contributed by atoms with Gasteiger partial charge in [0.2, 0.25) is 0 Å². The van der Waals surface area contributed by atoms with Crippen molar-refractivity contribution >= 4 is 5.71 Å². The molecule has 0 atom stereocenters. The number of oxime groups is 1. The number of aryl methyl sites for hydroxylation is 3. The van der Waals surface area contributed by atoms with Crippen LogP contribution in [-0.2, 0) is 18.5 Å². The molecule has 6 heteroatoms. The Morgan fingerprint density at radius 1 is 1.23 bits per heavy atom. The van der Waals surface area contributed by atoms with E-state index in [-0.39, 0.29) is 0 Å². The average Bonchev–Trinajstić information content (AvgIpc) is 2.95. The van der Waals surface area contributed by atoms with E-state index in [1.807, 2.05) is 63.6 Å². The van der Waals surface area contributed by atoms with Gasteiger partial charge in [-0.25, -0.2) is 4.98 Å². The van der Waals surface area contributed by atoms with Crippen molar-refractivity contribution in [2.75, 3.05) is 13.7 Å². The molecule has 0 spiro atoms. The molecule has 0 aliphatic heterocycles. The number of rotatable bonds is 8. The van der Waals surface area contributed by atoms with E-state index in [1.54, 1.807) is 6.33 Å². The first-order valence-electron chi connectivity index (χ1n) is 8.54. The zero-order valence-electron chi connectivity index (χ0n) is 16.4. The highest BCUT2D eigenvalue weighted by Crippen LogP contribution is 2.29. The zero-order chi connectivity index (χ0) is 19.1. The molecule has 0 amide bonds. The number of allylic oxidation sites excluding steroid dienone is 1. The highest BCUT2D eigenvalue weighted by Gasteiger charge is 2.15. The van der Waals surface area contributed by atoms with Gasteiger partial charge >= 0.3 is 0 Å². The second kappa shape index (κ2) is 9.08. The van der Waals surface area contributed by atoms with E-state index in [1.165, 1.54) is 7.11 Å². The van der Waals surface area contributed by atoms with Crippen LogP contribution in [0.2, 0.25) is 0 Å². The topological polar surface area (TPSA) is 57.9 Å². The molecule has 0 fully saturated rings. The monoisotopic (exact) mass is 357 g/mol. The summed E-state index contributed by atoms with van der Waals surface area (Å²) in [5, 5.41) is 4.00. The van der Waals surface area contributed by atoms with Crippen molar-refractivity contribution in [1.82, 2.24) is 9.55 Å². The Morgan fingerprint density at radius 3 is 2.54 bits per heavy atom. The number of imidazole rings is 1. The molecule has 0 saturated carbocycles. The predicted octanol–water partition coefficient (Wildman–Crippen LogP) is 3.94. The van der Waals surface area contributed by atoms with E-state index < -0.39 is 0 Å². The maximum Gasteiger partial charge on any atom is 0.132 e. The van der Waals surface area contributed by atoms with E-state index >= 15 is 0 Å². The molecule has 0 bridgehead atoms. The molecular weight excluding hydrogens is 330 g/mol. The van der Waals surface area contributed by atoms with Crippen LogP contribution >= 0.6 is 0 Å². The van der Waals surface area contributed by atoms with Crippen molar-refractivity contribution in [3.8, 4) is 11.5 Å². The highest BCUT2D eigenvalue weighted by molar-refractivity contribution is 5.97. The Balaban J connectivity index is 2.17. The van der Waals surface area contributed by atoms with Crippen LogP contribution in [0, 0.1) is 13.8 Å². The molecular formula is C20H27N3O3. The molecule has 0 aliphatic carbocycles. The Morgan fingerprint density at radius 2 is 1.92 bits per heavy atom. The first-order chi connectivity index (χ1) is 12.5. The lowest BCUT2D eigenvalue weighted by Crippen LogP contribution is -2.09. The second-order valence-electron chi connectivity index (χ2n) is 6.06. The fraction of sp³-hybridized carbons (Fsp3) is 0.400. The van der Waals surface area contributed by atoms with Crippen LogP contribution < -0.4 is 9.47 Å². The van der Waals surface area contributed by atoms with E-state index in [9.17, 15) is 0 Å². The second-order valence-corrected chi connectivity index (χ2v) is 6.06. The summed E-state index contributed by atoms with van der Waals surface area (Å²) < 4.78 is 13.7. The van der Waals surface area contributed by atoms with Crippen LogP contribution in [0.15, 0.2) is 35.8 Å². The van der Waals surface area contributed by atoms with Crippen molar-refractivity contribution in [3.05, 3.63) is 53.1 Å². The summed E-state index contributed by atoms with van der Waals surface area (Å²) in [4.78, 5) is 9.31. The highest BCUT2D eigenvalue weighted by atomic mass is 16.6. The Hall–Kier alpha value is -2.76. The lowest BCUT2D eigenvalue weighted by molar-refractivity contribution is 0.213. The van der Waals surface area contributed by atoms with Crippen LogP contribution in [-0.4, -0.2) is 29.0 Å². The standard InChI is InChI=1S/C20H27N3O3/c1-7-8-9-25-17-10-14(2)20(15(3)11-17)26-12-18-19(16(4)22-24-6)23(5)13-21-18/h7-8,10-11,13H,9,12H2,1-6H3/b8-7+,22-16?. The van der Waals surface area contributed by atoms with Crippen molar-refractivity contribution in [3.63, 3.8) is 0 Å². The summed E-state index contributed by atoms with van der Waals surface area (Å²) in [5.74, 6) is 1.69. The smallest absolute Gasteiger partial charge is 0.132 e. The molecule has 2 aromatic rings. The van der Waals surface area contributed by atoms with Gasteiger partial charge < -0.3 is 18.9 Å². The zero-order valence-corrected chi connectivity index (χ0v) is 16.4. The summed E-state index contributed by atoms with van der Waals surface area (Å²) in [7, 11) is 3.45. The summed E-state index contributed by atoms with van der Waals surface area (Å²) in [6.45, 7) is 8.81. The lowest BCUT2D eigenvalue weighted by atomic mass is 10.1. The van der Waals surface area contributed by atoms with Gasteiger partial charge in [0.15, 0.2) is 0 Å². The number of aromatic nitrogens is 2. The van der Waals surface area contributed by atoms with Gasteiger partial charge in [-0.05, 0) is 51.0 Å². The first kappa shape index (κ1) is 19.6. The molecule has 0 unspecified atom stereocenters. The lowest BCUT2D eigenvalue weighted by Gasteiger charge is -2.14. The Bertz CT molecular complexity index is 784. The molecule has 0 N–H and O–H groups in total. The van der Waals surface area contributed by atoms with Gasteiger partial charge in [-0.15, -0.1) is 0 Å². The first-order valence-corrected chi connectivity index (χ1v) is 8.54. The number of nitrogens with zero attached hydrogens (tertiary/aromatic N) is 3. The van der Waals surface area contributed by atoms with Gasteiger partial charge in [0.25, 0.3) is 0 Å². The SMILES string of the molecule is C/C=C/COc1cc(C)c(OCc2ncn(C)c2C(C)=NOC)c(C)c1. The molecule has 6 nitrogen and oxygen atoms in total. The van der Waals surface area contributed by atoms with Gasteiger partial charge in [-0.2, -0.15) is 0 Å². The van der Waals surface area contributed by atoms with E-state index in [2.05, 4.69) is 10.1 Å². The number of hydrogen-bond acceptors (Lipinski definition) is 5. The molecule has 26 heavy (non-hydrogen) atoms. The average molecular weight is 357 g/mol. The molecule has 2 rings (SSSR count). The molecule has 0 aliphatic rings. The maximum absolute atomic E-state index is 6.08. The molecule has 1 aromatic carbocycles. The number of hydrogen-bond donors (Lipinski definition) is 0. The maximum atomic E-state index is 6.08. The van der Waals surface area contributed by atoms with Crippen LogP contribution in [0.1, 0.15) is 36.4 Å². The van der Waals surface area contributed by atoms with Crippen molar-refractivity contribution in [2.24, 2.45) is 12.2 Å². The van der Waals surface area contributed by atoms with Crippen molar-refractivity contribution in [2.45, 2.75) is 34.3 Å². The largest absolute Gasteiger partial charge is 0.490 e. The van der Waals surface area contributed by atoms with Gasteiger partial charge in [-0.1, -0.05) is 17.3 Å².